The van der Waals surface area contributed by atoms with Crippen LogP contribution in [-0.4, -0.2) is 13.0 Å². The molecule has 0 aliphatic heterocycles. The molecule has 104 valence electrons. The summed E-state index contributed by atoms with van der Waals surface area (Å²) in [7, 11) is -4.65. The van der Waals surface area contributed by atoms with Gasteiger partial charge >= 0.3 is 41.4 Å². The van der Waals surface area contributed by atoms with Crippen LogP contribution in [0.25, 0.3) is 11.0 Å². The molecular weight excluding hydrogens is 312 g/mol. The SMILES string of the molecule is O=c1cc(C(F)(F)F)c2cc(S(=O)(=O)O)ccc2o1.[H-].[Na+]. The molecule has 0 atom stereocenters. The van der Waals surface area contributed by atoms with Gasteiger partial charge in [0.25, 0.3) is 10.1 Å². The summed E-state index contributed by atoms with van der Waals surface area (Å²) in [6.45, 7) is 0. The smallest absolute Gasteiger partial charge is 1.00 e. The van der Waals surface area contributed by atoms with Crippen LogP contribution < -0.4 is 35.2 Å². The van der Waals surface area contributed by atoms with E-state index < -0.39 is 43.3 Å². The van der Waals surface area contributed by atoms with E-state index in [2.05, 4.69) is 4.42 Å². The van der Waals surface area contributed by atoms with E-state index in [1.807, 2.05) is 0 Å². The summed E-state index contributed by atoms with van der Waals surface area (Å²) in [5.74, 6) is 0. The molecular formula is C10H6F3NaO5S. The minimum atomic E-state index is -4.86. The van der Waals surface area contributed by atoms with Gasteiger partial charge in [0.15, 0.2) is 0 Å². The van der Waals surface area contributed by atoms with Gasteiger partial charge in [0.1, 0.15) is 5.58 Å². The normalized spacial score (nSPS) is 12.2. The molecule has 0 radical (unpaired) electrons. The molecule has 1 aromatic carbocycles. The van der Waals surface area contributed by atoms with Crippen molar-refractivity contribution in [3.05, 3.63) is 40.2 Å². The number of rotatable bonds is 1. The first-order valence-corrected chi connectivity index (χ1v) is 6.15. The van der Waals surface area contributed by atoms with Crippen LogP contribution in [0.5, 0.6) is 0 Å². The van der Waals surface area contributed by atoms with E-state index >= 15 is 0 Å². The molecule has 1 aromatic heterocycles. The van der Waals surface area contributed by atoms with Crippen molar-refractivity contribution in [3.8, 4) is 0 Å². The molecule has 0 saturated heterocycles. The van der Waals surface area contributed by atoms with Gasteiger partial charge in [-0.2, -0.15) is 21.6 Å². The maximum Gasteiger partial charge on any atom is 1.00 e. The summed E-state index contributed by atoms with van der Waals surface area (Å²) in [6, 6.07) is 2.52. The molecule has 0 unspecified atom stereocenters. The van der Waals surface area contributed by atoms with Crippen molar-refractivity contribution in [2.24, 2.45) is 0 Å². The van der Waals surface area contributed by atoms with Crippen molar-refractivity contribution in [1.29, 1.82) is 0 Å². The Labute approximate surface area is 133 Å². The molecule has 1 heterocycles. The third kappa shape index (κ3) is 3.41. The Bertz CT molecular complexity index is 816. The zero-order valence-electron chi connectivity index (χ0n) is 10.9. The van der Waals surface area contributed by atoms with E-state index in [0.29, 0.717) is 6.07 Å². The van der Waals surface area contributed by atoms with Crippen molar-refractivity contribution in [1.82, 2.24) is 0 Å². The number of alkyl halides is 3. The molecule has 0 saturated carbocycles. The molecule has 20 heavy (non-hydrogen) atoms. The van der Waals surface area contributed by atoms with Gasteiger partial charge in [0.2, 0.25) is 0 Å². The van der Waals surface area contributed by atoms with Gasteiger partial charge in [-0.15, -0.1) is 0 Å². The van der Waals surface area contributed by atoms with E-state index in [4.69, 9.17) is 4.55 Å². The van der Waals surface area contributed by atoms with Crippen LogP contribution in [0.3, 0.4) is 0 Å². The molecule has 2 aromatic rings. The van der Waals surface area contributed by atoms with Gasteiger partial charge in [-0.25, -0.2) is 4.79 Å². The van der Waals surface area contributed by atoms with E-state index in [9.17, 15) is 26.4 Å². The minimum Gasteiger partial charge on any atom is -1.00 e. The molecule has 5 nitrogen and oxygen atoms in total. The Hall–Kier alpha value is -0.870. The fraction of sp³-hybridized carbons (Fsp3) is 0.100. The minimum absolute atomic E-state index is 0. The quantitative estimate of drug-likeness (QED) is 0.422. The summed E-state index contributed by atoms with van der Waals surface area (Å²) in [5.41, 5.74) is -2.96. The van der Waals surface area contributed by atoms with Gasteiger partial charge < -0.3 is 5.84 Å². The second kappa shape index (κ2) is 5.49. The third-order valence-electron chi connectivity index (χ3n) is 2.32. The molecule has 0 aliphatic rings. The molecule has 10 heteroatoms. The fourth-order valence-electron chi connectivity index (χ4n) is 1.54. The summed E-state index contributed by atoms with van der Waals surface area (Å²) in [6.07, 6.45) is -4.86. The van der Waals surface area contributed by atoms with Gasteiger partial charge in [-0.05, 0) is 18.2 Å². The van der Waals surface area contributed by atoms with Gasteiger partial charge in [0, 0.05) is 11.5 Å². The van der Waals surface area contributed by atoms with Crippen molar-refractivity contribution in [2.75, 3.05) is 0 Å². The predicted octanol–water partition coefficient (Wildman–Crippen LogP) is -0.825. The van der Waals surface area contributed by atoms with Crippen LogP contribution >= 0.6 is 0 Å². The monoisotopic (exact) mass is 318 g/mol. The molecule has 2 rings (SSSR count). The number of benzene rings is 1. The standard InChI is InChI=1S/C10H5F3O5S.Na.H/c11-10(12,13)7-4-9(14)18-8-2-1-5(3-6(7)8)19(15,16)17;;/h1-4H,(H,15,16,17);;/q;+1;-1. The van der Waals surface area contributed by atoms with Crippen molar-refractivity contribution in [3.63, 3.8) is 0 Å². The van der Waals surface area contributed by atoms with Crippen molar-refractivity contribution < 1.29 is 61.5 Å². The van der Waals surface area contributed by atoms with E-state index in [-0.39, 0.29) is 37.1 Å². The first-order chi connectivity index (χ1) is 8.59. The van der Waals surface area contributed by atoms with Crippen molar-refractivity contribution >= 4 is 21.1 Å². The fourth-order valence-corrected chi connectivity index (χ4v) is 2.04. The van der Waals surface area contributed by atoms with E-state index in [1.165, 1.54) is 0 Å². The maximum atomic E-state index is 12.7. The number of fused-ring (bicyclic) bond motifs is 1. The molecule has 0 bridgehead atoms. The zero-order valence-corrected chi connectivity index (χ0v) is 12.7. The average molecular weight is 318 g/mol. The summed E-state index contributed by atoms with van der Waals surface area (Å²) < 4.78 is 73.3. The van der Waals surface area contributed by atoms with Crippen LogP contribution in [0.2, 0.25) is 0 Å². The van der Waals surface area contributed by atoms with Crippen LogP contribution in [0.1, 0.15) is 6.99 Å². The Morgan fingerprint density at radius 2 is 1.80 bits per heavy atom. The molecule has 1 N–H and O–H groups in total. The zero-order chi connectivity index (χ0) is 14.4. The molecule has 0 spiro atoms. The number of hydrogen-bond donors (Lipinski definition) is 1. The maximum absolute atomic E-state index is 12.7. The van der Waals surface area contributed by atoms with Crippen LogP contribution in [0.15, 0.2) is 38.4 Å². The Morgan fingerprint density at radius 3 is 2.30 bits per heavy atom. The first-order valence-electron chi connectivity index (χ1n) is 4.71. The molecule has 0 aliphatic carbocycles. The predicted molar refractivity (Wildman–Crippen MR) is 58.4 cm³/mol. The average Bonchev–Trinajstić information content (AvgIpc) is 2.24. The van der Waals surface area contributed by atoms with Crippen molar-refractivity contribution in [2.45, 2.75) is 11.1 Å². The van der Waals surface area contributed by atoms with Gasteiger partial charge in [-0.3, -0.25) is 4.55 Å². The second-order valence-electron chi connectivity index (χ2n) is 3.61. The van der Waals surface area contributed by atoms with Gasteiger partial charge in [0.05, 0.1) is 10.5 Å². The summed E-state index contributed by atoms with van der Waals surface area (Å²) >= 11 is 0. The summed E-state index contributed by atoms with van der Waals surface area (Å²) in [5, 5.41) is -0.623. The number of hydrogen-bond acceptors (Lipinski definition) is 4. The van der Waals surface area contributed by atoms with E-state index in [1.54, 1.807) is 0 Å². The number of halogens is 3. The molecule has 0 fully saturated rings. The van der Waals surface area contributed by atoms with Crippen LogP contribution in [0, 0.1) is 0 Å². The molecule has 0 amide bonds. The van der Waals surface area contributed by atoms with E-state index in [0.717, 1.165) is 12.1 Å². The van der Waals surface area contributed by atoms with Crippen LogP contribution in [-0.2, 0) is 16.3 Å². The Morgan fingerprint density at radius 1 is 1.20 bits per heavy atom. The second-order valence-corrected chi connectivity index (χ2v) is 5.03. The van der Waals surface area contributed by atoms with Crippen LogP contribution in [0.4, 0.5) is 13.2 Å². The summed E-state index contributed by atoms with van der Waals surface area (Å²) in [4.78, 5) is 10.3. The van der Waals surface area contributed by atoms with Gasteiger partial charge in [-0.1, -0.05) is 0 Å². The Kier molecular flexibility index (Phi) is 4.72. The largest absolute Gasteiger partial charge is 1.00 e. The topological polar surface area (TPSA) is 84.6 Å². The first kappa shape index (κ1) is 17.2. The third-order valence-corrected chi connectivity index (χ3v) is 3.17. The Balaban J connectivity index is 0.00000200.